The highest BCUT2D eigenvalue weighted by Crippen LogP contribution is 2.33. The molecule has 1 aliphatic rings. The Labute approximate surface area is 186 Å². The molecule has 7 nitrogen and oxygen atoms in total. The monoisotopic (exact) mass is 507 g/mol. The molecular formula is C20H38IN5O2. The number of aliphatic imine (C=N–C) groups is 1. The van der Waals surface area contributed by atoms with Crippen molar-refractivity contribution in [3.05, 3.63) is 18.0 Å². The summed E-state index contributed by atoms with van der Waals surface area (Å²) in [4.78, 5) is 4.61. The average molecular weight is 507 g/mol. The molecule has 1 aromatic rings. The lowest BCUT2D eigenvalue weighted by Gasteiger charge is -2.40. The minimum atomic E-state index is -1.06. The zero-order valence-corrected chi connectivity index (χ0v) is 20.5. The zero-order valence-electron chi connectivity index (χ0n) is 18.2. The van der Waals surface area contributed by atoms with Crippen molar-refractivity contribution in [3.63, 3.8) is 0 Å². The van der Waals surface area contributed by atoms with Crippen molar-refractivity contribution in [1.82, 2.24) is 20.4 Å². The van der Waals surface area contributed by atoms with Gasteiger partial charge in [-0.15, -0.1) is 24.0 Å². The van der Waals surface area contributed by atoms with E-state index >= 15 is 0 Å². The Morgan fingerprint density at radius 2 is 2.07 bits per heavy atom. The Balaban J connectivity index is 0.00000392. The second-order valence-electron chi connectivity index (χ2n) is 8.81. The molecule has 162 valence electrons. The number of halogens is 1. The van der Waals surface area contributed by atoms with Crippen LogP contribution in [0.3, 0.4) is 0 Å². The molecule has 3 unspecified atom stereocenters. The van der Waals surface area contributed by atoms with Gasteiger partial charge in [0.2, 0.25) is 0 Å². The van der Waals surface area contributed by atoms with Gasteiger partial charge in [-0.05, 0) is 32.1 Å². The molecule has 3 N–H and O–H groups in total. The van der Waals surface area contributed by atoms with Crippen LogP contribution < -0.4 is 10.6 Å². The van der Waals surface area contributed by atoms with E-state index < -0.39 is 5.60 Å². The molecule has 0 aliphatic carbocycles. The summed E-state index contributed by atoms with van der Waals surface area (Å²) in [5.41, 5.74) is -0.178. The van der Waals surface area contributed by atoms with E-state index in [4.69, 9.17) is 4.74 Å². The van der Waals surface area contributed by atoms with Crippen LogP contribution in [-0.4, -0.2) is 53.2 Å². The van der Waals surface area contributed by atoms with Crippen LogP contribution in [0, 0.1) is 11.3 Å². The van der Waals surface area contributed by atoms with Crippen LogP contribution in [0.2, 0.25) is 0 Å². The maximum atomic E-state index is 10.7. The van der Waals surface area contributed by atoms with Crippen molar-refractivity contribution in [3.8, 4) is 0 Å². The summed E-state index contributed by atoms with van der Waals surface area (Å²) >= 11 is 0. The van der Waals surface area contributed by atoms with Crippen molar-refractivity contribution in [1.29, 1.82) is 0 Å². The van der Waals surface area contributed by atoms with Crippen LogP contribution in [0.15, 0.2) is 17.4 Å². The molecule has 2 heterocycles. The molecule has 0 bridgehead atoms. The van der Waals surface area contributed by atoms with E-state index in [2.05, 4.69) is 41.5 Å². The van der Waals surface area contributed by atoms with Gasteiger partial charge in [0.25, 0.3) is 0 Å². The lowest BCUT2D eigenvalue weighted by molar-refractivity contribution is -0.0835. The Morgan fingerprint density at radius 1 is 1.36 bits per heavy atom. The molecular weight excluding hydrogens is 469 g/mol. The summed E-state index contributed by atoms with van der Waals surface area (Å²) in [7, 11) is 1.84. The summed E-state index contributed by atoms with van der Waals surface area (Å²) < 4.78 is 7.76. The van der Waals surface area contributed by atoms with Crippen LogP contribution in [-0.2, 0) is 17.4 Å². The van der Waals surface area contributed by atoms with Gasteiger partial charge in [-0.25, -0.2) is 4.99 Å². The number of ether oxygens (including phenoxy) is 1. The Kier molecular flexibility index (Phi) is 9.69. The van der Waals surface area contributed by atoms with Crippen LogP contribution in [0.4, 0.5) is 0 Å². The van der Waals surface area contributed by atoms with E-state index in [1.54, 1.807) is 17.8 Å². The lowest BCUT2D eigenvalue weighted by Crippen LogP contribution is -2.47. The smallest absolute Gasteiger partial charge is 0.191 e. The standard InChI is InChI=1S/C20H37N5O2.HI/c1-7-21-18(23-14-20(5,26)16-12-24-25(6)13-16)22-11-15-9-8-10-27-17(15)19(2,3)4;/h12-13,15,17,26H,7-11,14H2,1-6H3,(H2,21,22,23);1H. The molecule has 2 rings (SSSR count). The molecule has 1 fully saturated rings. The zero-order chi connectivity index (χ0) is 20.1. The second kappa shape index (κ2) is 10.8. The SMILES string of the molecule is CCNC(=NCC(C)(O)c1cnn(C)c1)NCC1CCCOC1C(C)(C)C.I. The summed E-state index contributed by atoms with van der Waals surface area (Å²) in [6.45, 7) is 13.2. The van der Waals surface area contributed by atoms with Gasteiger partial charge in [0.05, 0.1) is 18.8 Å². The fraction of sp³-hybridized carbons (Fsp3) is 0.800. The van der Waals surface area contributed by atoms with Gasteiger partial charge in [0.15, 0.2) is 5.96 Å². The Bertz CT molecular complexity index is 624. The maximum Gasteiger partial charge on any atom is 0.191 e. The van der Waals surface area contributed by atoms with Gasteiger partial charge in [-0.1, -0.05) is 20.8 Å². The number of hydrogen-bond acceptors (Lipinski definition) is 4. The van der Waals surface area contributed by atoms with Crippen molar-refractivity contribution in [2.45, 2.75) is 59.2 Å². The number of nitrogens with zero attached hydrogens (tertiary/aromatic N) is 3. The highest BCUT2D eigenvalue weighted by Gasteiger charge is 2.35. The van der Waals surface area contributed by atoms with Crippen molar-refractivity contribution < 1.29 is 9.84 Å². The normalized spacial score (nSPS) is 22.9. The Morgan fingerprint density at radius 3 is 2.64 bits per heavy atom. The van der Waals surface area contributed by atoms with E-state index in [0.717, 1.165) is 44.1 Å². The van der Waals surface area contributed by atoms with Crippen LogP contribution in [0.1, 0.15) is 53.0 Å². The van der Waals surface area contributed by atoms with Crippen LogP contribution in [0.5, 0.6) is 0 Å². The third kappa shape index (κ3) is 7.18. The molecule has 1 saturated heterocycles. The molecule has 0 aromatic carbocycles. The van der Waals surface area contributed by atoms with Crippen molar-refractivity contribution >= 4 is 29.9 Å². The minimum absolute atomic E-state index is 0. The van der Waals surface area contributed by atoms with E-state index in [1.807, 2.05) is 20.2 Å². The average Bonchev–Trinajstić information content (AvgIpc) is 3.04. The maximum absolute atomic E-state index is 10.7. The molecule has 0 radical (unpaired) electrons. The number of nitrogens with one attached hydrogen (secondary N) is 2. The summed E-state index contributed by atoms with van der Waals surface area (Å²) in [6, 6.07) is 0. The molecule has 0 saturated carbocycles. The summed E-state index contributed by atoms with van der Waals surface area (Å²) in [6.07, 6.45) is 6.00. The first-order chi connectivity index (χ1) is 12.6. The molecule has 3 atom stereocenters. The van der Waals surface area contributed by atoms with Crippen molar-refractivity contribution in [2.75, 3.05) is 26.2 Å². The highest BCUT2D eigenvalue weighted by molar-refractivity contribution is 14.0. The Hall–Kier alpha value is -0.870. The third-order valence-corrected chi connectivity index (χ3v) is 5.05. The largest absolute Gasteiger partial charge is 0.383 e. The fourth-order valence-corrected chi connectivity index (χ4v) is 3.60. The number of aromatic nitrogens is 2. The van der Waals surface area contributed by atoms with Crippen LogP contribution in [0.25, 0.3) is 0 Å². The first kappa shape index (κ1) is 25.2. The van der Waals surface area contributed by atoms with E-state index in [9.17, 15) is 5.11 Å². The lowest BCUT2D eigenvalue weighted by atomic mass is 9.78. The van der Waals surface area contributed by atoms with E-state index in [0.29, 0.717) is 5.92 Å². The number of aliphatic hydroxyl groups is 1. The molecule has 1 aliphatic heterocycles. The van der Waals surface area contributed by atoms with Gasteiger partial charge in [-0.2, -0.15) is 5.10 Å². The first-order valence-corrected chi connectivity index (χ1v) is 9.99. The van der Waals surface area contributed by atoms with Crippen molar-refractivity contribution in [2.24, 2.45) is 23.4 Å². The molecule has 28 heavy (non-hydrogen) atoms. The second-order valence-corrected chi connectivity index (χ2v) is 8.81. The molecule has 0 spiro atoms. The molecule has 0 amide bonds. The first-order valence-electron chi connectivity index (χ1n) is 9.99. The van der Waals surface area contributed by atoms with Gasteiger partial charge < -0.3 is 20.5 Å². The highest BCUT2D eigenvalue weighted by atomic mass is 127. The van der Waals surface area contributed by atoms with Gasteiger partial charge in [0, 0.05) is 44.4 Å². The number of aryl methyl sites for hydroxylation is 1. The topological polar surface area (TPSA) is 83.7 Å². The quantitative estimate of drug-likeness (QED) is 0.313. The number of hydrogen-bond donors (Lipinski definition) is 3. The number of guanidine groups is 1. The van der Waals surface area contributed by atoms with E-state index in [-0.39, 0.29) is 42.0 Å². The van der Waals surface area contributed by atoms with Crippen LogP contribution >= 0.6 is 24.0 Å². The van der Waals surface area contributed by atoms with Gasteiger partial charge in [-0.3, -0.25) is 4.68 Å². The third-order valence-electron chi connectivity index (χ3n) is 5.05. The number of rotatable bonds is 6. The van der Waals surface area contributed by atoms with E-state index in [1.165, 1.54) is 0 Å². The molecule has 8 heteroatoms. The predicted molar refractivity (Wildman–Crippen MR) is 124 cm³/mol. The summed E-state index contributed by atoms with van der Waals surface area (Å²) in [5, 5.41) is 21.6. The van der Waals surface area contributed by atoms with Gasteiger partial charge >= 0.3 is 0 Å². The molecule has 1 aromatic heterocycles. The minimum Gasteiger partial charge on any atom is -0.383 e. The fourth-order valence-electron chi connectivity index (χ4n) is 3.60. The van der Waals surface area contributed by atoms with Gasteiger partial charge in [0.1, 0.15) is 5.60 Å². The summed E-state index contributed by atoms with van der Waals surface area (Å²) in [5.74, 6) is 1.17. The predicted octanol–water partition coefficient (Wildman–Crippen LogP) is 2.64.